The first-order valence-electron chi connectivity index (χ1n) is 9.81. The van der Waals surface area contributed by atoms with Crippen LogP contribution in [-0.2, 0) is 23.5 Å². The van der Waals surface area contributed by atoms with Gasteiger partial charge in [-0.2, -0.15) is 27.4 Å². The number of aromatic nitrogens is 4. The molecule has 13 heteroatoms. The molecule has 1 aliphatic rings. The first-order valence-corrected chi connectivity index (χ1v) is 11.5. The van der Waals surface area contributed by atoms with E-state index < -0.39 is 27.9 Å². The van der Waals surface area contributed by atoms with E-state index in [1.54, 1.807) is 18.2 Å². The molecule has 0 amide bonds. The lowest BCUT2D eigenvalue weighted by Gasteiger charge is -2.09. The third kappa shape index (κ3) is 5.06. The van der Waals surface area contributed by atoms with Gasteiger partial charge in [-0.1, -0.05) is 21.6 Å². The van der Waals surface area contributed by atoms with Gasteiger partial charge in [0, 0.05) is 37.7 Å². The van der Waals surface area contributed by atoms with Crippen LogP contribution in [0.4, 0.5) is 12.7 Å². The van der Waals surface area contributed by atoms with Gasteiger partial charge in [0.2, 0.25) is 5.75 Å². The van der Waals surface area contributed by atoms with Gasteiger partial charge in [0.15, 0.2) is 17.3 Å². The first kappa shape index (κ1) is 23.3. The van der Waals surface area contributed by atoms with Gasteiger partial charge >= 0.3 is 10.5 Å². The molecular formula is C20H18ClF3N4O4S. The molecule has 1 fully saturated rings. The van der Waals surface area contributed by atoms with Crippen LogP contribution in [0.15, 0.2) is 30.6 Å². The second-order valence-electron chi connectivity index (χ2n) is 7.93. The Kier molecular flexibility index (Phi) is 5.77. The molecule has 2 heterocycles. The van der Waals surface area contributed by atoms with Crippen LogP contribution < -0.4 is 4.18 Å². The maximum Gasteiger partial charge on any atom is 0.488 e. The average Bonchev–Trinajstić information content (AvgIpc) is 3.26. The molecule has 2 aromatic heterocycles. The Bertz CT molecular complexity index is 1340. The largest absolute Gasteiger partial charge is 0.488 e. The summed E-state index contributed by atoms with van der Waals surface area (Å²) in [5, 5.41) is 7.96. The summed E-state index contributed by atoms with van der Waals surface area (Å²) in [6.45, 7) is 0.471. The predicted molar refractivity (Wildman–Crippen MR) is 113 cm³/mol. The van der Waals surface area contributed by atoms with Crippen LogP contribution in [0.1, 0.15) is 42.2 Å². The molecule has 0 aliphatic heterocycles. The van der Waals surface area contributed by atoms with Crippen LogP contribution in [0.5, 0.6) is 5.75 Å². The number of hydrogen-bond acceptors (Lipinski definition) is 6. The van der Waals surface area contributed by atoms with Crippen LogP contribution >= 0.6 is 11.6 Å². The van der Waals surface area contributed by atoms with Crippen molar-refractivity contribution in [3.8, 4) is 22.7 Å². The number of aryl methyl sites for hydroxylation is 1. The zero-order chi connectivity index (χ0) is 24.1. The lowest BCUT2D eigenvalue weighted by Crippen LogP contribution is -2.12. The van der Waals surface area contributed by atoms with Gasteiger partial charge in [-0.3, -0.25) is 4.79 Å². The zero-order valence-electron chi connectivity index (χ0n) is 17.4. The van der Waals surface area contributed by atoms with Gasteiger partial charge in [0.25, 0.3) is 5.92 Å². The molecule has 0 unspecified atom stereocenters. The highest BCUT2D eigenvalue weighted by molar-refractivity contribution is 7.81. The SMILES string of the molecule is Cn1nc(C(C)(F)F)c(OS(=O)(=O)F)c1-n1cc(-c2ccc(Cl)c(C(=O)CC3CC3)c2)cn1. The summed E-state index contributed by atoms with van der Waals surface area (Å²) in [7, 11) is -4.38. The van der Waals surface area contributed by atoms with Crippen LogP contribution in [0, 0.1) is 5.92 Å². The standard InChI is InChI=1S/C20H18ClF3N4O4S/c1-20(22,23)18-17(32-33(24,30)31)19(27(2)26-18)28-10-13(9-25-28)12-5-6-15(21)14(8-12)16(29)7-11-3-4-11/h5-6,8-11H,3-4,7H2,1-2H3. The summed E-state index contributed by atoms with van der Waals surface area (Å²) < 4.78 is 69.5. The van der Waals surface area contributed by atoms with Crippen molar-refractivity contribution in [1.82, 2.24) is 19.6 Å². The molecule has 0 N–H and O–H groups in total. The molecule has 4 rings (SSSR count). The molecule has 0 bridgehead atoms. The Morgan fingerprint density at radius 2 is 2.00 bits per heavy atom. The molecule has 0 saturated heterocycles. The monoisotopic (exact) mass is 502 g/mol. The summed E-state index contributed by atoms with van der Waals surface area (Å²) in [4.78, 5) is 12.5. The van der Waals surface area contributed by atoms with Crippen molar-refractivity contribution < 1.29 is 30.1 Å². The molecule has 0 radical (unpaired) electrons. The number of ketones is 1. The normalized spacial score (nSPS) is 14.5. The summed E-state index contributed by atoms with van der Waals surface area (Å²) >= 11 is 6.20. The van der Waals surface area contributed by atoms with Crippen molar-refractivity contribution in [3.63, 3.8) is 0 Å². The smallest absolute Gasteiger partial charge is 0.352 e. The van der Waals surface area contributed by atoms with E-state index in [4.69, 9.17) is 11.6 Å². The van der Waals surface area contributed by atoms with Crippen molar-refractivity contribution in [2.24, 2.45) is 13.0 Å². The van der Waals surface area contributed by atoms with Crippen LogP contribution in [-0.4, -0.2) is 33.8 Å². The highest BCUT2D eigenvalue weighted by Gasteiger charge is 2.38. The Morgan fingerprint density at radius 1 is 1.30 bits per heavy atom. The number of benzene rings is 1. The van der Waals surface area contributed by atoms with Crippen LogP contribution in [0.2, 0.25) is 5.02 Å². The molecule has 176 valence electrons. The number of carbonyl (C=O) groups is 1. The van der Waals surface area contributed by atoms with E-state index in [1.165, 1.54) is 19.4 Å². The highest BCUT2D eigenvalue weighted by Crippen LogP contribution is 2.39. The fourth-order valence-corrected chi connectivity index (χ4v) is 3.99. The second-order valence-corrected chi connectivity index (χ2v) is 9.29. The van der Waals surface area contributed by atoms with E-state index in [2.05, 4.69) is 14.4 Å². The quantitative estimate of drug-likeness (QED) is 0.329. The van der Waals surface area contributed by atoms with Crippen molar-refractivity contribution in [1.29, 1.82) is 0 Å². The van der Waals surface area contributed by atoms with Crippen molar-refractivity contribution >= 4 is 27.9 Å². The topological polar surface area (TPSA) is 96.1 Å². The molecule has 0 spiro atoms. The minimum absolute atomic E-state index is 0.0814. The van der Waals surface area contributed by atoms with Gasteiger partial charge in [-0.25, -0.2) is 9.36 Å². The first-order chi connectivity index (χ1) is 15.3. The van der Waals surface area contributed by atoms with Crippen LogP contribution in [0.3, 0.4) is 0 Å². The molecule has 3 aromatic rings. The molecule has 8 nitrogen and oxygen atoms in total. The highest BCUT2D eigenvalue weighted by atomic mass is 35.5. The maximum absolute atomic E-state index is 14.0. The predicted octanol–water partition coefficient (Wildman–Crippen LogP) is 4.61. The lowest BCUT2D eigenvalue weighted by atomic mass is 10.0. The Morgan fingerprint density at radius 3 is 2.61 bits per heavy atom. The number of Topliss-reactive ketones (excluding diaryl/α,β-unsaturated/α-hetero) is 1. The number of nitrogens with zero attached hydrogens (tertiary/aromatic N) is 4. The minimum Gasteiger partial charge on any atom is -0.352 e. The Hall–Kier alpha value is -2.86. The van der Waals surface area contributed by atoms with Gasteiger partial charge in [-0.05, 0) is 36.5 Å². The van der Waals surface area contributed by atoms with Gasteiger partial charge in [0.1, 0.15) is 0 Å². The second kappa shape index (κ2) is 8.17. The number of hydrogen-bond donors (Lipinski definition) is 0. The Balaban J connectivity index is 1.75. The van der Waals surface area contributed by atoms with E-state index in [1.807, 2.05) is 0 Å². The summed E-state index contributed by atoms with van der Waals surface area (Å²) in [5.74, 6) is -4.65. The third-order valence-corrected chi connectivity index (χ3v) is 5.84. The number of carbonyl (C=O) groups excluding carboxylic acids is 1. The summed E-state index contributed by atoms with van der Waals surface area (Å²) in [6, 6.07) is 4.82. The van der Waals surface area contributed by atoms with E-state index in [-0.39, 0.29) is 11.6 Å². The number of alkyl halides is 2. The maximum atomic E-state index is 14.0. The average molecular weight is 503 g/mol. The molecule has 1 aliphatic carbocycles. The molecule has 33 heavy (non-hydrogen) atoms. The summed E-state index contributed by atoms with van der Waals surface area (Å²) in [6.07, 6.45) is 5.17. The van der Waals surface area contributed by atoms with Gasteiger partial charge in [0.05, 0.1) is 11.2 Å². The third-order valence-electron chi connectivity index (χ3n) is 5.14. The zero-order valence-corrected chi connectivity index (χ0v) is 19.0. The fraction of sp³-hybridized carbons (Fsp3) is 0.350. The van der Waals surface area contributed by atoms with Gasteiger partial charge in [-0.15, -0.1) is 0 Å². The van der Waals surface area contributed by atoms with E-state index >= 15 is 0 Å². The lowest BCUT2D eigenvalue weighted by molar-refractivity contribution is 0.0108. The molecule has 1 aromatic carbocycles. The van der Waals surface area contributed by atoms with Crippen molar-refractivity contribution in [2.45, 2.75) is 32.1 Å². The number of halogens is 4. The molecule has 1 saturated carbocycles. The van der Waals surface area contributed by atoms with Gasteiger partial charge < -0.3 is 4.18 Å². The van der Waals surface area contributed by atoms with E-state index in [9.17, 15) is 25.9 Å². The van der Waals surface area contributed by atoms with E-state index in [0.717, 1.165) is 22.2 Å². The minimum atomic E-state index is -5.63. The van der Waals surface area contributed by atoms with Crippen molar-refractivity contribution in [3.05, 3.63) is 46.9 Å². The molecule has 0 atom stereocenters. The fourth-order valence-electron chi connectivity index (χ4n) is 3.41. The number of rotatable bonds is 8. The van der Waals surface area contributed by atoms with Crippen LogP contribution in [0.25, 0.3) is 16.9 Å². The molecular weight excluding hydrogens is 485 g/mol. The van der Waals surface area contributed by atoms with E-state index in [0.29, 0.717) is 41.0 Å². The Labute approximate surface area is 192 Å². The summed E-state index contributed by atoms with van der Waals surface area (Å²) in [5.41, 5.74) is 0.313. The van der Waals surface area contributed by atoms with Crippen molar-refractivity contribution in [2.75, 3.05) is 0 Å².